The van der Waals surface area contributed by atoms with E-state index in [9.17, 15) is 0 Å². The van der Waals surface area contributed by atoms with Crippen molar-refractivity contribution in [3.8, 4) is 0 Å². The van der Waals surface area contributed by atoms with E-state index in [1.807, 2.05) is 0 Å². The number of hydrogen-bond acceptors (Lipinski definition) is 5. The molecule has 2 heterocycles. The van der Waals surface area contributed by atoms with Gasteiger partial charge in [0.05, 0.1) is 12.7 Å². The molecule has 2 N–H and O–H groups in total. The summed E-state index contributed by atoms with van der Waals surface area (Å²) < 4.78 is 5.87. The molecule has 2 unspecified atom stereocenters. The Bertz CT molecular complexity index is 269. The fourth-order valence-corrected chi connectivity index (χ4v) is 3.41. The average molecular weight is 284 g/mol. The van der Waals surface area contributed by atoms with Crippen LogP contribution in [0.2, 0.25) is 0 Å². The van der Waals surface area contributed by atoms with E-state index in [2.05, 4.69) is 28.7 Å². The SMILES string of the molecule is CCC(CCN)N1CCN(CC2CN(C)CCO2)CC1. The molecule has 2 atom stereocenters. The summed E-state index contributed by atoms with van der Waals surface area (Å²) in [5, 5.41) is 0. The summed E-state index contributed by atoms with van der Waals surface area (Å²) in [6.07, 6.45) is 2.74. The van der Waals surface area contributed by atoms with Crippen molar-refractivity contribution >= 4 is 0 Å². The molecule has 2 aliphatic rings. The van der Waals surface area contributed by atoms with Crippen LogP contribution in [0.25, 0.3) is 0 Å². The first-order valence-electron chi connectivity index (χ1n) is 8.19. The summed E-state index contributed by atoms with van der Waals surface area (Å²) in [4.78, 5) is 7.56. The third-order valence-electron chi connectivity index (χ3n) is 4.70. The van der Waals surface area contributed by atoms with E-state index in [1.165, 1.54) is 32.6 Å². The van der Waals surface area contributed by atoms with Crippen LogP contribution in [0.4, 0.5) is 0 Å². The summed E-state index contributed by atoms with van der Waals surface area (Å²) in [6.45, 7) is 11.9. The highest BCUT2D eigenvalue weighted by Crippen LogP contribution is 2.13. The van der Waals surface area contributed by atoms with Gasteiger partial charge < -0.3 is 15.4 Å². The molecule has 0 aliphatic carbocycles. The number of hydrogen-bond donors (Lipinski definition) is 1. The molecule has 0 aromatic rings. The van der Waals surface area contributed by atoms with Crippen LogP contribution in [0.15, 0.2) is 0 Å². The Kier molecular flexibility index (Phi) is 6.71. The van der Waals surface area contributed by atoms with Gasteiger partial charge in [0.15, 0.2) is 0 Å². The van der Waals surface area contributed by atoms with Crippen LogP contribution in [-0.2, 0) is 4.74 Å². The maximum Gasteiger partial charge on any atom is 0.0829 e. The second-order valence-electron chi connectivity index (χ2n) is 6.23. The molecule has 0 aromatic heterocycles. The van der Waals surface area contributed by atoms with Gasteiger partial charge in [-0.2, -0.15) is 0 Å². The Labute approximate surface area is 124 Å². The predicted octanol–water partition coefficient (Wildman–Crippen LogP) is 0.0620. The number of likely N-dealkylation sites (N-methyl/N-ethyl adjacent to an activating group) is 1. The summed E-state index contributed by atoms with van der Waals surface area (Å²) in [5.74, 6) is 0. The van der Waals surface area contributed by atoms with Gasteiger partial charge >= 0.3 is 0 Å². The highest BCUT2D eigenvalue weighted by atomic mass is 16.5. The van der Waals surface area contributed by atoms with Crippen LogP contribution in [0.3, 0.4) is 0 Å². The summed E-state index contributed by atoms with van der Waals surface area (Å²) in [6, 6.07) is 0.680. The molecule has 0 saturated carbocycles. The molecule has 0 amide bonds. The topological polar surface area (TPSA) is 45.0 Å². The molecule has 0 radical (unpaired) electrons. The first-order valence-corrected chi connectivity index (χ1v) is 8.19. The highest BCUT2D eigenvalue weighted by molar-refractivity contribution is 4.81. The average Bonchev–Trinajstić information content (AvgIpc) is 2.46. The third-order valence-corrected chi connectivity index (χ3v) is 4.70. The van der Waals surface area contributed by atoms with E-state index in [1.54, 1.807) is 0 Å². The molecule has 5 heteroatoms. The Morgan fingerprint density at radius 1 is 1.20 bits per heavy atom. The molecule has 0 aromatic carbocycles. The van der Waals surface area contributed by atoms with Gasteiger partial charge in [-0.05, 0) is 26.4 Å². The minimum absolute atomic E-state index is 0.395. The minimum atomic E-state index is 0.395. The van der Waals surface area contributed by atoms with E-state index in [0.717, 1.165) is 39.2 Å². The number of nitrogens with zero attached hydrogens (tertiary/aromatic N) is 3. The molecule has 5 nitrogen and oxygen atoms in total. The third kappa shape index (κ3) is 4.67. The van der Waals surface area contributed by atoms with E-state index >= 15 is 0 Å². The van der Waals surface area contributed by atoms with Crippen molar-refractivity contribution in [2.24, 2.45) is 5.73 Å². The van der Waals surface area contributed by atoms with Crippen molar-refractivity contribution in [1.82, 2.24) is 14.7 Å². The monoisotopic (exact) mass is 284 g/mol. The summed E-state index contributed by atoms with van der Waals surface area (Å²) >= 11 is 0. The smallest absolute Gasteiger partial charge is 0.0829 e. The van der Waals surface area contributed by atoms with Crippen molar-refractivity contribution in [3.05, 3.63) is 0 Å². The van der Waals surface area contributed by atoms with Gasteiger partial charge in [-0.3, -0.25) is 9.80 Å². The zero-order valence-corrected chi connectivity index (χ0v) is 13.3. The predicted molar refractivity (Wildman–Crippen MR) is 83.0 cm³/mol. The Hall–Kier alpha value is -0.200. The molecule has 2 aliphatic heterocycles. The fourth-order valence-electron chi connectivity index (χ4n) is 3.41. The molecule has 2 rings (SSSR count). The van der Waals surface area contributed by atoms with E-state index < -0.39 is 0 Å². The Morgan fingerprint density at radius 3 is 2.55 bits per heavy atom. The van der Waals surface area contributed by atoms with Crippen LogP contribution in [0.1, 0.15) is 19.8 Å². The zero-order valence-electron chi connectivity index (χ0n) is 13.3. The molecule has 20 heavy (non-hydrogen) atoms. The van der Waals surface area contributed by atoms with Crippen LogP contribution < -0.4 is 5.73 Å². The van der Waals surface area contributed by atoms with Crippen molar-refractivity contribution < 1.29 is 4.74 Å². The lowest BCUT2D eigenvalue weighted by Gasteiger charge is -2.41. The molecule has 0 spiro atoms. The van der Waals surface area contributed by atoms with Gasteiger partial charge in [-0.1, -0.05) is 6.92 Å². The van der Waals surface area contributed by atoms with Crippen LogP contribution >= 0.6 is 0 Å². The standard InChI is InChI=1S/C15H32N4O/c1-3-14(4-5-16)19-8-6-18(7-9-19)13-15-12-17(2)10-11-20-15/h14-15H,3-13,16H2,1-2H3. The van der Waals surface area contributed by atoms with Gasteiger partial charge in [-0.25, -0.2) is 0 Å². The van der Waals surface area contributed by atoms with Crippen LogP contribution in [0.5, 0.6) is 0 Å². The van der Waals surface area contributed by atoms with Gasteiger partial charge in [-0.15, -0.1) is 0 Å². The quantitative estimate of drug-likeness (QED) is 0.747. The van der Waals surface area contributed by atoms with Gasteiger partial charge in [0.2, 0.25) is 0 Å². The molecule has 0 bridgehead atoms. The largest absolute Gasteiger partial charge is 0.374 e. The fraction of sp³-hybridized carbons (Fsp3) is 1.00. The van der Waals surface area contributed by atoms with Crippen molar-refractivity contribution in [3.63, 3.8) is 0 Å². The van der Waals surface area contributed by atoms with Crippen LogP contribution in [0, 0.1) is 0 Å². The first kappa shape index (κ1) is 16.2. The number of nitrogens with two attached hydrogens (primary N) is 1. The van der Waals surface area contributed by atoms with E-state index in [-0.39, 0.29) is 0 Å². The maximum atomic E-state index is 5.87. The molecular weight excluding hydrogens is 252 g/mol. The molecule has 2 fully saturated rings. The lowest BCUT2D eigenvalue weighted by molar-refractivity contribution is -0.0429. The maximum absolute atomic E-state index is 5.87. The summed E-state index contributed by atoms with van der Waals surface area (Å²) in [5.41, 5.74) is 5.72. The number of rotatable bonds is 6. The van der Waals surface area contributed by atoms with Crippen molar-refractivity contribution in [1.29, 1.82) is 0 Å². The minimum Gasteiger partial charge on any atom is -0.374 e. The Balaban J connectivity index is 1.70. The van der Waals surface area contributed by atoms with Crippen LogP contribution in [-0.4, -0.2) is 92.9 Å². The number of ether oxygens (including phenoxy) is 1. The first-order chi connectivity index (χ1) is 9.72. The second-order valence-corrected chi connectivity index (χ2v) is 6.23. The number of morpholine rings is 1. The van der Waals surface area contributed by atoms with E-state index in [4.69, 9.17) is 10.5 Å². The molecular formula is C15H32N4O. The second kappa shape index (κ2) is 8.29. The highest BCUT2D eigenvalue weighted by Gasteiger charge is 2.25. The molecule has 2 saturated heterocycles. The zero-order chi connectivity index (χ0) is 14.4. The summed E-state index contributed by atoms with van der Waals surface area (Å²) in [7, 11) is 2.19. The van der Waals surface area contributed by atoms with Gasteiger partial charge in [0.1, 0.15) is 0 Å². The van der Waals surface area contributed by atoms with Crippen molar-refractivity contribution in [2.75, 3.05) is 66.0 Å². The number of piperazine rings is 1. The van der Waals surface area contributed by atoms with E-state index in [0.29, 0.717) is 12.1 Å². The van der Waals surface area contributed by atoms with Gasteiger partial charge in [0.25, 0.3) is 0 Å². The van der Waals surface area contributed by atoms with Gasteiger partial charge in [0, 0.05) is 51.9 Å². The van der Waals surface area contributed by atoms with Crippen molar-refractivity contribution in [2.45, 2.75) is 31.9 Å². The molecule has 118 valence electrons. The lowest BCUT2D eigenvalue weighted by atomic mass is 10.1. The Morgan fingerprint density at radius 2 is 1.95 bits per heavy atom. The normalized spacial score (nSPS) is 28.6. The lowest BCUT2D eigenvalue weighted by Crippen LogP contribution is -2.54.